The molecular formula is C10H18O. The van der Waals surface area contributed by atoms with Gasteiger partial charge >= 0.3 is 0 Å². The molecule has 2 rings (SSSR count). The third-order valence-corrected chi connectivity index (χ3v) is 4.09. The summed E-state index contributed by atoms with van der Waals surface area (Å²) < 4.78 is 0. The number of aliphatic hydroxyl groups is 1. The summed E-state index contributed by atoms with van der Waals surface area (Å²) >= 11 is 0. The molecule has 0 radical (unpaired) electrons. The van der Waals surface area contributed by atoms with E-state index in [-0.39, 0.29) is 11.0 Å². The largest absolute Gasteiger partial charge is 0.389 e. The second-order valence-electron chi connectivity index (χ2n) is 5.09. The van der Waals surface area contributed by atoms with Crippen LogP contribution in [0.25, 0.3) is 0 Å². The molecule has 2 saturated carbocycles. The van der Waals surface area contributed by atoms with Crippen LogP contribution in [0.1, 0.15) is 40.0 Å². The molecule has 0 aromatic heterocycles. The van der Waals surface area contributed by atoms with Gasteiger partial charge in [0.2, 0.25) is 0 Å². The number of fused-ring (bicyclic) bond motifs is 1. The zero-order valence-corrected chi connectivity index (χ0v) is 7.72. The maximum Gasteiger partial charge on any atom is 0.0738 e. The third-order valence-electron chi connectivity index (χ3n) is 4.09. The fourth-order valence-corrected chi connectivity index (χ4v) is 3.03. The molecule has 0 aromatic rings. The molecule has 3 atom stereocenters. The second kappa shape index (κ2) is 1.82. The monoisotopic (exact) mass is 154 g/mol. The molecule has 0 bridgehead atoms. The van der Waals surface area contributed by atoms with Gasteiger partial charge in [0.25, 0.3) is 0 Å². The molecule has 0 aromatic carbocycles. The zero-order valence-electron chi connectivity index (χ0n) is 7.72. The average molecular weight is 154 g/mol. The highest BCUT2D eigenvalue weighted by Crippen LogP contribution is 2.68. The Labute approximate surface area is 68.8 Å². The van der Waals surface area contributed by atoms with Gasteiger partial charge in [-0.2, -0.15) is 0 Å². The minimum atomic E-state index is -0.287. The van der Waals surface area contributed by atoms with Crippen molar-refractivity contribution in [1.29, 1.82) is 0 Å². The minimum Gasteiger partial charge on any atom is -0.389 e. The Hall–Kier alpha value is -0.0400. The highest BCUT2D eigenvalue weighted by atomic mass is 16.3. The molecule has 1 N–H and O–H groups in total. The summed E-state index contributed by atoms with van der Waals surface area (Å²) in [5.41, 5.74) is -0.0670. The van der Waals surface area contributed by atoms with E-state index in [2.05, 4.69) is 20.8 Å². The smallest absolute Gasteiger partial charge is 0.0738 e. The van der Waals surface area contributed by atoms with Crippen LogP contribution < -0.4 is 0 Å². The van der Waals surface area contributed by atoms with Gasteiger partial charge in [-0.05, 0) is 30.1 Å². The predicted molar refractivity (Wildman–Crippen MR) is 45.2 cm³/mol. The van der Waals surface area contributed by atoms with Crippen molar-refractivity contribution in [2.75, 3.05) is 0 Å². The quantitative estimate of drug-likeness (QED) is 0.567. The maximum absolute atomic E-state index is 10.1. The standard InChI is InChI=1S/C10H18O/c1-7-4-5-8-9(2,3)10(8,11)6-7/h7-8,11H,4-6H2,1-3H3. The summed E-state index contributed by atoms with van der Waals surface area (Å²) in [5, 5.41) is 10.1. The lowest BCUT2D eigenvalue weighted by Gasteiger charge is -2.22. The Morgan fingerprint density at radius 1 is 1.27 bits per heavy atom. The third kappa shape index (κ3) is 0.752. The summed E-state index contributed by atoms with van der Waals surface area (Å²) in [6.45, 7) is 6.66. The van der Waals surface area contributed by atoms with Crippen molar-refractivity contribution < 1.29 is 5.11 Å². The van der Waals surface area contributed by atoms with Gasteiger partial charge in [0.1, 0.15) is 0 Å². The fraction of sp³-hybridized carbons (Fsp3) is 1.00. The number of hydrogen-bond acceptors (Lipinski definition) is 1. The highest BCUT2D eigenvalue weighted by Gasteiger charge is 2.71. The van der Waals surface area contributed by atoms with Gasteiger partial charge in [-0.25, -0.2) is 0 Å². The van der Waals surface area contributed by atoms with Gasteiger partial charge in [-0.3, -0.25) is 0 Å². The highest BCUT2D eigenvalue weighted by molar-refractivity contribution is 5.20. The van der Waals surface area contributed by atoms with Crippen molar-refractivity contribution >= 4 is 0 Å². The van der Waals surface area contributed by atoms with Crippen LogP contribution in [0.4, 0.5) is 0 Å². The lowest BCUT2D eigenvalue weighted by molar-refractivity contribution is 0.0596. The average Bonchev–Trinajstić information content (AvgIpc) is 2.26. The van der Waals surface area contributed by atoms with Crippen molar-refractivity contribution in [3.8, 4) is 0 Å². The van der Waals surface area contributed by atoms with E-state index in [0.717, 1.165) is 12.3 Å². The normalized spacial score (nSPS) is 53.5. The van der Waals surface area contributed by atoms with E-state index in [1.807, 2.05) is 0 Å². The van der Waals surface area contributed by atoms with E-state index in [4.69, 9.17) is 0 Å². The van der Waals surface area contributed by atoms with E-state index < -0.39 is 0 Å². The Kier molecular flexibility index (Phi) is 1.26. The first kappa shape index (κ1) is 7.60. The Morgan fingerprint density at radius 2 is 1.91 bits per heavy atom. The molecule has 0 heterocycles. The first-order chi connectivity index (χ1) is 4.98. The molecule has 11 heavy (non-hydrogen) atoms. The first-order valence-corrected chi connectivity index (χ1v) is 4.71. The summed E-state index contributed by atoms with van der Waals surface area (Å²) in [7, 11) is 0. The molecule has 2 aliphatic rings. The van der Waals surface area contributed by atoms with Crippen molar-refractivity contribution in [2.24, 2.45) is 17.3 Å². The first-order valence-electron chi connectivity index (χ1n) is 4.71. The van der Waals surface area contributed by atoms with Crippen molar-refractivity contribution in [2.45, 2.75) is 45.6 Å². The number of hydrogen-bond donors (Lipinski definition) is 1. The molecule has 0 spiro atoms. The molecule has 2 aliphatic carbocycles. The van der Waals surface area contributed by atoms with E-state index in [1.54, 1.807) is 0 Å². The summed E-state index contributed by atoms with van der Waals surface area (Å²) in [5.74, 6) is 1.34. The molecule has 0 amide bonds. The van der Waals surface area contributed by atoms with Gasteiger partial charge in [-0.15, -0.1) is 0 Å². The van der Waals surface area contributed by atoms with E-state index >= 15 is 0 Å². The molecule has 64 valence electrons. The minimum absolute atomic E-state index is 0.220. The van der Waals surface area contributed by atoms with Crippen LogP contribution in [0.15, 0.2) is 0 Å². The van der Waals surface area contributed by atoms with Crippen LogP contribution in [0.3, 0.4) is 0 Å². The second-order valence-corrected chi connectivity index (χ2v) is 5.09. The predicted octanol–water partition coefficient (Wildman–Crippen LogP) is 2.19. The molecule has 2 fully saturated rings. The molecular weight excluding hydrogens is 136 g/mol. The SMILES string of the molecule is CC1CCC2C(C)(C)C2(O)C1. The van der Waals surface area contributed by atoms with Crippen LogP contribution in [0, 0.1) is 17.3 Å². The van der Waals surface area contributed by atoms with Crippen molar-refractivity contribution in [3.05, 3.63) is 0 Å². The molecule has 1 heteroatoms. The lowest BCUT2D eigenvalue weighted by atomic mass is 9.88. The fourth-order valence-electron chi connectivity index (χ4n) is 3.03. The Morgan fingerprint density at radius 3 is 2.36 bits per heavy atom. The maximum atomic E-state index is 10.1. The summed E-state index contributed by atoms with van der Waals surface area (Å²) in [6, 6.07) is 0. The van der Waals surface area contributed by atoms with Gasteiger partial charge in [0.05, 0.1) is 5.60 Å². The number of rotatable bonds is 0. The molecule has 1 nitrogen and oxygen atoms in total. The topological polar surface area (TPSA) is 20.2 Å². The van der Waals surface area contributed by atoms with Gasteiger partial charge < -0.3 is 5.11 Å². The van der Waals surface area contributed by atoms with Crippen LogP contribution in [0.2, 0.25) is 0 Å². The van der Waals surface area contributed by atoms with Crippen LogP contribution in [-0.4, -0.2) is 10.7 Å². The lowest BCUT2D eigenvalue weighted by Crippen LogP contribution is -2.23. The van der Waals surface area contributed by atoms with Crippen molar-refractivity contribution in [3.63, 3.8) is 0 Å². The van der Waals surface area contributed by atoms with E-state index in [0.29, 0.717) is 5.92 Å². The van der Waals surface area contributed by atoms with E-state index in [9.17, 15) is 5.11 Å². The van der Waals surface area contributed by atoms with Crippen LogP contribution in [-0.2, 0) is 0 Å². The van der Waals surface area contributed by atoms with Crippen LogP contribution >= 0.6 is 0 Å². The Balaban J connectivity index is 2.17. The molecule has 3 unspecified atom stereocenters. The summed E-state index contributed by atoms with van der Waals surface area (Å²) in [4.78, 5) is 0. The van der Waals surface area contributed by atoms with E-state index in [1.165, 1.54) is 12.8 Å². The molecule has 0 saturated heterocycles. The van der Waals surface area contributed by atoms with Crippen LogP contribution in [0.5, 0.6) is 0 Å². The molecule has 0 aliphatic heterocycles. The Bertz CT molecular complexity index is 185. The summed E-state index contributed by atoms with van der Waals surface area (Å²) in [6.07, 6.45) is 3.59. The van der Waals surface area contributed by atoms with Crippen molar-refractivity contribution in [1.82, 2.24) is 0 Å². The van der Waals surface area contributed by atoms with Gasteiger partial charge in [0, 0.05) is 0 Å². The van der Waals surface area contributed by atoms with Gasteiger partial charge in [0.15, 0.2) is 0 Å². The van der Waals surface area contributed by atoms with Gasteiger partial charge in [-0.1, -0.05) is 27.2 Å². The zero-order chi connectivity index (χ0) is 8.28.